The normalized spacial score (nSPS) is 11.8. The van der Waals surface area contributed by atoms with E-state index in [4.69, 9.17) is 0 Å². The van der Waals surface area contributed by atoms with Gasteiger partial charge in [-0.15, -0.1) is 0 Å². The molecule has 0 aliphatic rings. The number of hydrogen-bond donors (Lipinski definition) is 0. The molecule has 11 aromatic carbocycles. The molecule has 0 spiro atoms. The van der Waals surface area contributed by atoms with Crippen molar-refractivity contribution in [3.63, 3.8) is 0 Å². The monoisotopic (exact) mass is 812 g/mol. The van der Waals surface area contributed by atoms with E-state index in [0.717, 1.165) is 22.8 Å². The first-order chi connectivity index (χ1) is 31.7. The Kier molecular flexibility index (Phi) is 8.25. The van der Waals surface area contributed by atoms with Crippen molar-refractivity contribution < 1.29 is 0 Å². The quantitative estimate of drug-likeness (QED) is 0.148. The molecule has 2 heterocycles. The van der Waals surface area contributed by atoms with Gasteiger partial charge in [-0.05, 0) is 149 Å². The van der Waals surface area contributed by atoms with Gasteiger partial charge < -0.3 is 9.13 Å². The second kappa shape index (κ2) is 14.6. The van der Waals surface area contributed by atoms with Crippen LogP contribution in [0.2, 0.25) is 0 Å². The highest BCUT2D eigenvalue weighted by atomic mass is 15.0. The largest absolute Gasteiger partial charge is 0.309 e. The molecule has 0 bridgehead atoms. The van der Waals surface area contributed by atoms with Gasteiger partial charge in [-0.25, -0.2) is 0 Å². The van der Waals surface area contributed by atoms with Crippen molar-refractivity contribution in [1.29, 1.82) is 0 Å². The van der Waals surface area contributed by atoms with Crippen molar-refractivity contribution in [2.24, 2.45) is 0 Å². The molecule has 0 aliphatic carbocycles. The van der Waals surface area contributed by atoms with Crippen LogP contribution in [0.15, 0.2) is 243 Å². The van der Waals surface area contributed by atoms with Crippen molar-refractivity contribution in [2.75, 3.05) is 0 Å². The minimum Gasteiger partial charge on any atom is -0.309 e. The van der Waals surface area contributed by atoms with E-state index in [1.807, 2.05) is 0 Å². The zero-order valence-electron chi connectivity index (χ0n) is 35.0. The first-order valence-electron chi connectivity index (χ1n) is 22.1. The van der Waals surface area contributed by atoms with E-state index in [1.165, 1.54) is 98.3 Å². The highest BCUT2D eigenvalue weighted by Crippen LogP contribution is 2.40. The van der Waals surface area contributed by atoms with E-state index in [9.17, 15) is 0 Å². The summed E-state index contributed by atoms with van der Waals surface area (Å²) in [6.45, 7) is 0. The smallest absolute Gasteiger partial charge is 0.0542 e. The van der Waals surface area contributed by atoms with Crippen LogP contribution in [0.4, 0.5) is 0 Å². The van der Waals surface area contributed by atoms with Crippen molar-refractivity contribution >= 4 is 64.9 Å². The van der Waals surface area contributed by atoms with Crippen LogP contribution in [0.25, 0.3) is 121 Å². The standard InChI is InChI=1S/C62H40N2/c1-3-11-41(12-4-1)43-19-23-45(24-20-43)59-37-55-39-62-56(40-61(55)63(59)57-29-27-51-31-47-15-7-9-17-49(47)33-53(51)35-57)38-60(46-25-21-44(22-26-46)42-13-5-2-6-14-42)64(62)58-30-28-52-32-48-16-8-10-18-50(48)34-54(52)36-58/h1-40H. The lowest BCUT2D eigenvalue weighted by Gasteiger charge is -2.14. The Balaban J connectivity index is 1.04. The minimum atomic E-state index is 1.14. The second-order valence-electron chi connectivity index (χ2n) is 17.0. The molecule has 0 fully saturated rings. The summed E-state index contributed by atoms with van der Waals surface area (Å²) in [4.78, 5) is 0. The van der Waals surface area contributed by atoms with Crippen LogP contribution in [0.3, 0.4) is 0 Å². The van der Waals surface area contributed by atoms with E-state index in [2.05, 4.69) is 252 Å². The molecule has 0 unspecified atom stereocenters. The Morgan fingerprint density at radius 3 is 0.891 bits per heavy atom. The molecule has 0 saturated carbocycles. The summed E-state index contributed by atoms with van der Waals surface area (Å²) >= 11 is 0. The zero-order chi connectivity index (χ0) is 42.1. The topological polar surface area (TPSA) is 9.86 Å². The van der Waals surface area contributed by atoms with Gasteiger partial charge in [0.15, 0.2) is 0 Å². The number of benzene rings is 11. The summed E-state index contributed by atoms with van der Waals surface area (Å²) in [6, 6.07) is 89.3. The first-order valence-corrected chi connectivity index (χ1v) is 22.1. The maximum Gasteiger partial charge on any atom is 0.0542 e. The van der Waals surface area contributed by atoms with Crippen LogP contribution in [-0.4, -0.2) is 9.13 Å². The summed E-state index contributed by atoms with van der Waals surface area (Å²) in [6.07, 6.45) is 0. The average molecular weight is 813 g/mol. The molecular weight excluding hydrogens is 773 g/mol. The fourth-order valence-corrected chi connectivity index (χ4v) is 9.95. The molecule has 0 radical (unpaired) electrons. The SMILES string of the molecule is c1ccc(-c2ccc(-c3cc4cc5c(cc(-c6ccc(-c7ccccc7)cc6)n5-c5ccc6cc7ccccc7cc6c5)cc4n3-c3ccc4cc5ccccc5cc4c3)cc2)cc1. The molecule has 298 valence electrons. The van der Waals surface area contributed by atoms with Crippen LogP contribution in [-0.2, 0) is 0 Å². The van der Waals surface area contributed by atoms with E-state index in [0.29, 0.717) is 0 Å². The summed E-state index contributed by atoms with van der Waals surface area (Å²) in [5.74, 6) is 0. The third-order valence-electron chi connectivity index (χ3n) is 13.2. The highest BCUT2D eigenvalue weighted by molar-refractivity contribution is 6.05. The number of rotatable bonds is 6. The molecule has 0 atom stereocenters. The number of nitrogens with zero attached hydrogens (tertiary/aromatic N) is 2. The van der Waals surface area contributed by atoms with Crippen LogP contribution in [0.1, 0.15) is 0 Å². The summed E-state index contributed by atoms with van der Waals surface area (Å²) in [7, 11) is 0. The third-order valence-corrected chi connectivity index (χ3v) is 13.2. The molecule has 13 rings (SSSR count). The number of fused-ring (bicyclic) bond motifs is 6. The Labute approximate surface area is 371 Å². The Hall–Kier alpha value is -8.46. The summed E-state index contributed by atoms with van der Waals surface area (Å²) in [5.41, 5.74) is 14.1. The molecular formula is C62H40N2. The average Bonchev–Trinajstić information content (AvgIpc) is 3.92. The van der Waals surface area contributed by atoms with E-state index in [1.54, 1.807) is 0 Å². The van der Waals surface area contributed by atoms with Crippen molar-refractivity contribution in [2.45, 2.75) is 0 Å². The predicted molar refractivity (Wildman–Crippen MR) is 272 cm³/mol. The van der Waals surface area contributed by atoms with Gasteiger partial charge in [0.05, 0.1) is 22.4 Å². The van der Waals surface area contributed by atoms with Crippen LogP contribution >= 0.6 is 0 Å². The minimum absolute atomic E-state index is 1.14. The van der Waals surface area contributed by atoms with E-state index >= 15 is 0 Å². The Bertz CT molecular complexity index is 3650. The molecule has 64 heavy (non-hydrogen) atoms. The molecule has 13 aromatic rings. The lowest BCUT2D eigenvalue weighted by atomic mass is 10.0. The highest BCUT2D eigenvalue weighted by Gasteiger charge is 2.19. The van der Waals surface area contributed by atoms with Crippen molar-refractivity contribution in [3.8, 4) is 56.1 Å². The third kappa shape index (κ3) is 6.11. The molecule has 2 nitrogen and oxygen atoms in total. The maximum absolute atomic E-state index is 2.47. The predicted octanol–water partition coefficient (Wildman–Crippen LogP) is 16.9. The fourth-order valence-electron chi connectivity index (χ4n) is 9.95. The van der Waals surface area contributed by atoms with Gasteiger partial charge >= 0.3 is 0 Å². The van der Waals surface area contributed by atoms with Gasteiger partial charge in [0, 0.05) is 22.1 Å². The van der Waals surface area contributed by atoms with Crippen LogP contribution in [0.5, 0.6) is 0 Å². The van der Waals surface area contributed by atoms with Crippen LogP contribution in [0, 0.1) is 0 Å². The van der Waals surface area contributed by atoms with Crippen molar-refractivity contribution in [3.05, 3.63) is 243 Å². The lowest BCUT2D eigenvalue weighted by Crippen LogP contribution is -1.98. The molecule has 0 N–H and O–H groups in total. The number of hydrogen-bond acceptors (Lipinski definition) is 0. The van der Waals surface area contributed by atoms with E-state index < -0.39 is 0 Å². The van der Waals surface area contributed by atoms with Gasteiger partial charge in [0.1, 0.15) is 0 Å². The van der Waals surface area contributed by atoms with Gasteiger partial charge in [-0.2, -0.15) is 0 Å². The van der Waals surface area contributed by atoms with Gasteiger partial charge in [-0.3, -0.25) is 0 Å². The summed E-state index contributed by atoms with van der Waals surface area (Å²) in [5, 5.41) is 12.3. The number of aromatic nitrogens is 2. The molecule has 0 saturated heterocycles. The van der Waals surface area contributed by atoms with Crippen LogP contribution < -0.4 is 0 Å². The summed E-state index contributed by atoms with van der Waals surface area (Å²) < 4.78 is 4.93. The molecule has 0 aliphatic heterocycles. The second-order valence-corrected chi connectivity index (χ2v) is 17.0. The van der Waals surface area contributed by atoms with Crippen molar-refractivity contribution in [1.82, 2.24) is 9.13 Å². The van der Waals surface area contributed by atoms with Gasteiger partial charge in [0.2, 0.25) is 0 Å². The molecule has 2 aromatic heterocycles. The fraction of sp³-hybridized carbons (Fsp3) is 0. The Morgan fingerprint density at radius 2 is 0.500 bits per heavy atom. The van der Waals surface area contributed by atoms with Gasteiger partial charge in [-0.1, -0.05) is 170 Å². The molecule has 2 heteroatoms. The molecule has 0 amide bonds. The lowest BCUT2D eigenvalue weighted by molar-refractivity contribution is 1.14. The van der Waals surface area contributed by atoms with E-state index in [-0.39, 0.29) is 0 Å². The maximum atomic E-state index is 2.47. The zero-order valence-corrected chi connectivity index (χ0v) is 35.0. The van der Waals surface area contributed by atoms with Gasteiger partial charge in [0.25, 0.3) is 0 Å². The first kappa shape index (κ1) is 36.2. The Morgan fingerprint density at radius 1 is 0.188 bits per heavy atom.